The summed E-state index contributed by atoms with van der Waals surface area (Å²) in [6, 6.07) is 4.74. The molecular formula is C14H18F3NO2. The third kappa shape index (κ3) is 6.06. The number of rotatable bonds is 7. The van der Waals surface area contributed by atoms with Gasteiger partial charge in [0.25, 0.3) is 0 Å². The second kappa shape index (κ2) is 7.28. The average Bonchev–Trinajstić information content (AvgIpc) is 2.36. The molecule has 0 aliphatic heterocycles. The van der Waals surface area contributed by atoms with Crippen molar-refractivity contribution in [3.8, 4) is 5.75 Å². The summed E-state index contributed by atoms with van der Waals surface area (Å²) < 4.78 is 39.7. The van der Waals surface area contributed by atoms with E-state index in [9.17, 15) is 18.0 Å². The molecule has 3 nitrogen and oxygen atoms in total. The summed E-state index contributed by atoms with van der Waals surface area (Å²) >= 11 is 0. The molecule has 1 unspecified atom stereocenters. The van der Waals surface area contributed by atoms with E-state index in [2.05, 4.69) is 4.74 Å². The van der Waals surface area contributed by atoms with E-state index in [0.29, 0.717) is 12.0 Å². The van der Waals surface area contributed by atoms with Gasteiger partial charge in [0.2, 0.25) is 0 Å². The number of carbonyl (C=O) groups is 1. The van der Waals surface area contributed by atoms with Crippen molar-refractivity contribution in [2.45, 2.75) is 45.0 Å². The number of benzene rings is 1. The molecule has 1 aromatic carbocycles. The second-order valence-electron chi connectivity index (χ2n) is 4.58. The fourth-order valence-electron chi connectivity index (χ4n) is 1.73. The lowest BCUT2D eigenvalue weighted by atomic mass is 10.0. The maximum atomic E-state index is 12.0. The summed E-state index contributed by atoms with van der Waals surface area (Å²) in [7, 11) is 0. The smallest absolute Gasteiger partial charge is 0.406 e. The molecule has 0 aromatic heterocycles. The van der Waals surface area contributed by atoms with E-state index in [4.69, 9.17) is 5.73 Å². The molecule has 0 fully saturated rings. The molecule has 0 heterocycles. The highest BCUT2D eigenvalue weighted by Crippen LogP contribution is 2.22. The summed E-state index contributed by atoms with van der Waals surface area (Å²) in [6.45, 7) is 2.01. The maximum Gasteiger partial charge on any atom is 0.573 e. The Morgan fingerprint density at radius 2 is 1.90 bits per heavy atom. The second-order valence-corrected chi connectivity index (χ2v) is 4.58. The van der Waals surface area contributed by atoms with Gasteiger partial charge in [0.15, 0.2) is 5.78 Å². The van der Waals surface area contributed by atoms with Crippen molar-refractivity contribution in [3.63, 3.8) is 0 Å². The largest absolute Gasteiger partial charge is 0.573 e. The minimum absolute atomic E-state index is 0.108. The van der Waals surface area contributed by atoms with Crippen molar-refractivity contribution in [1.29, 1.82) is 0 Å². The molecule has 0 aliphatic rings. The number of halogens is 3. The monoisotopic (exact) mass is 289 g/mol. The average molecular weight is 289 g/mol. The minimum Gasteiger partial charge on any atom is -0.406 e. The Bertz CT molecular complexity index is 429. The van der Waals surface area contributed by atoms with E-state index in [0.717, 1.165) is 12.8 Å². The predicted molar refractivity (Wildman–Crippen MR) is 69.3 cm³/mol. The number of ether oxygens (including phenoxy) is 1. The highest BCUT2D eigenvalue weighted by Gasteiger charge is 2.30. The summed E-state index contributed by atoms with van der Waals surface area (Å²) in [5, 5.41) is 0. The third-order valence-electron chi connectivity index (χ3n) is 2.82. The Kier molecular flexibility index (Phi) is 6.01. The molecule has 1 atom stereocenters. The first-order chi connectivity index (χ1) is 9.31. The number of nitrogens with two attached hydrogens (primary N) is 1. The third-order valence-corrected chi connectivity index (χ3v) is 2.82. The van der Waals surface area contributed by atoms with Gasteiger partial charge < -0.3 is 10.5 Å². The zero-order valence-electron chi connectivity index (χ0n) is 11.2. The Morgan fingerprint density at radius 1 is 1.30 bits per heavy atom. The van der Waals surface area contributed by atoms with Crippen molar-refractivity contribution < 1.29 is 22.7 Å². The first-order valence-corrected chi connectivity index (χ1v) is 6.45. The van der Waals surface area contributed by atoms with E-state index in [-0.39, 0.29) is 18.0 Å². The normalized spacial score (nSPS) is 13.1. The summed E-state index contributed by atoms with van der Waals surface area (Å²) in [6.07, 6.45) is -2.11. The molecule has 0 saturated heterocycles. The molecular weight excluding hydrogens is 271 g/mol. The van der Waals surface area contributed by atoms with Gasteiger partial charge in [-0.3, -0.25) is 4.79 Å². The highest BCUT2D eigenvalue weighted by atomic mass is 19.4. The van der Waals surface area contributed by atoms with Crippen molar-refractivity contribution in [2.75, 3.05) is 0 Å². The molecule has 0 radical (unpaired) electrons. The zero-order chi connectivity index (χ0) is 15.2. The van der Waals surface area contributed by atoms with E-state index >= 15 is 0 Å². The van der Waals surface area contributed by atoms with Crippen LogP contribution in [0.3, 0.4) is 0 Å². The fourth-order valence-corrected chi connectivity index (χ4v) is 1.73. The lowest BCUT2D eigenvalue weighted by Gasteiger charge is -2.11. The van der Waals surface area contributed by atoms with E-state index in [1.807, 2.05) is 6.92 Å². The van der Waals surface area contributed by atoms with Crippen LogP contribution in [0.25, 0.3) is 0 Å². The van der Waals surface area contributed by atoms with Gasteiger partial charge >= 0.3 is 6.36 Å². The van der Waals surface area contributed by atoms with Crippen LogP contribution in [0.4, 0.5) is 13.2 Å². The Balaban J connectivity index is 2.55. The number of ketones is 1. The molecule has 0 saturated carbocycles. The van der Waals surface area contributed by atoms with Gasteiger partial charge in [-0.2, -0.15) is 0 Å². The summed E-state index contributed by atoms with van der Waals surface area (Å²) in [5.41, 5.74) is 6.36. The standard InChI is InChI=1S/C14H18F3NO2/c1-2-3-4-12(18)13(19)9-10-5-7-11(8-6-10)20-14(15,16)17/h5-8,12H,2-4,9,18H2,1H3. The topological polar surface area (TPSA) is 52.3 Å². The van der Waals surface area contributed by atoms with Crippen LogP contribution in [0.2, 0.25) is 0 Å². The number of carbonyl (C=O) groups excluding carboxylic acids is 1. The SMILES string of the molecule is CCCCC(N)C(=O)Cc1ccc(OC(F)(F)F)cc1. The van der Waals surface area contributed by atoms with E-state index < -0.39 is 12.4 Å². The van der Waals surface area contributed by atoms with Crippen LogP contribution in [0.15, 0.2) is 24.3 Å². The van der Waals surface area contributed by atoms with Gasteiger partial charge in [0.1, 0.15) is 5.75 Å². The molecule has 2 N–H and O–H groups in total. The molecule has 6 heteroatoms. The Hall–Kier alpha value is -1.56. The van der Waals surface area contributed by atoms with Crippen LogP contribution < -0.4 is 10.5 Å². The molecule has 1 rings (SSSR count). The van der Waals surface area contributed by atoms with Crippen LogP contribution in [0.1, 0.15) is 31.7 Å². The van der Waals surface area contributed by atoms with Crippen molar-refractivity contribution in [2.24, 2.45) is 5.73 Å². The maximum absolute atomic E-state index is 12.0. The van der Waals surface area contributed by atoms with Crippen LogP contribution in [0.5, 0.6) is 5.75 Å². The molecule has 0 bridgehead atoms. The lowest BCUT2D eigenvalue weighted by molar-refractivity contribution is -0.274. The van der Waals surface area contributed by atoms with Crippen LogP contribution in [-0.2, 0) is 11.2 Å². The van der Waals surface area contributed by atoms with E-state index in [1.165, 1.54) is 24.3 Å². The van der Waals surface area contributed by atoms with Crippen LogP contribution in [0, 0.1) is 0 Å². The first kappa shape index (κ1) is 16.5. The number of hydrogen-bond acceptors (Lipinski definition) is 3. The Morgan fingerprint density at radius 3 is 2.40 bits per heavy atom. The summed E-state index contributed by atoms with van der Waals surface area (Å²) in [4.78, 5) is 11.8. The number of hydrogen-bond donors (Lipinski definition) is 1. The van der Waals surface area contributed by atoms with Gasteiger partial charge in [-0.15, -0.1) is 13.2 Å². The summed E-state index contributed by atoms with van der Waals surface area (Å²) in [5.74, 6) is -0.410. The highest BCUT2D eigenvalue weighted by molar-refractivity contribution is 5.85. The quantitative estimate of drug-likeness (QED) is 0.838. The molecule has 0 spiro atoms. The van der Waals surface area contributed by atoms with Crippen molar-refractivity contribution in [3.05, 3.63) is 29.8 Å². The molecule has 20 heavy (non-hydrogen) atoms. The van der Waals surface area contributed by atoms with Crippen LogP contribution in [-0.4, -0.2) is 18.2 Å². The number of unbranched alkanes of at least 4 members (excludes halogenated alkanes) is 1. The fraction of sp³-hybridized carbons (Fsp3) is 0.500. The molecule has 1 aromatic rings. The van der Waals surface area contributed by atoms with Crippen LogP contribution >= 0.6 is 0 Å². The van der Waals surface area contributed by atoms with Gasteiger partial charge in [-0.05, 0) is 24.1 Å². The number of Topliss-reactive ketones (excluding diaryl/α,β-unsaturated/α-hetero) is 1. The Labute approximate surface area is 115 Å². The van der Waals surface area contributed by atoms with Crippen molar-refractivity contribution >= 4 is 5.78 Å². The van der Waals surface area contributed by atoms with Gasteiger partial charge in [-0.1, -0.05) is 31.9 Å². The van der Waals surface area contributed by atoms with Crippen molar-refractivity contribution in [1.82, 2.24) is 0 Å². The van der Waals surface area contributed by atoms with Gasteiger partial charge in [0, 0.05) is 6.42 Å². The first-order valence-electron chi connectivity index (χ1n) is 6.45. The predicted octanol–water partition coefficient (Wildman–Crippen LogP) is 3.21. The lowest BCUT2D eigenvalue weighted by Crippen LogP contribution is -2.31. The van der Waals surface area contributed by atoms with E-state index in [1.54, 1.807) is 0 Å². The molecule has 0 amide bonds. The minimum atomic E-state index is -4.71. The zero-order valence-corrected chi connectivity index (χ0v) is 11.2. The molecule has 112 valence electrons. The van der Waals surface area contributed by atoms with Gasteiger partial charge in [0.05, 0.1) is 6.04 Å². The molecule has 0 aliphatic carbocycles. The van der Waals surface area contributed by atoms with Gasteiger partial charge in [-0.25, -0.2) is 0 Å². The number of alkyl halides is 3.